The molecule has 0 aliphatic carbocycles. The smallest absolute Gasteiger partial charge is 0.317 e. The number of hydrogen-bond donors (Lipinski definition) is 1. The zero-order valence-electron chi connectivity index (χ0n) is 15.5. The van der Waals surface area contributed by atoms with Gasteiger partial charge in [0.15, 0.2) is 0 Å². The first kappa shape index (κ1) is 19.3. The molecule has 1 aromatic rings. The van der Waals surface area contributed by atoms with Gasteiger partial charge in [0.05, 0.1) is 13.2 Å². The van der Waals surface area contributed by atoms with Crippen LogP contribution in [-0.2, 0) is 4.74 Å². The minimum atomic E-state index is 0.0134. The summed E-state index contributed by atoms with van der Waals surface area (Å²) in [5, 5.41) is 3.85. The molecule has 26 heavy (non-hydrogen) atoms. The summed E-state index contributed by atoms with van der Waals surface area (Å²) in [6, 6.07) is 7.98. The SMILES string of the molecule is CN(CCN1CCOCC1)C(=O)NC[C@H]1CCN(c2cccc(Cl)c2)C1. The minimum Gasteiger partial charge on any atom is -0.379 e. The highest BCUT2D eigenvalue weighted by Crippen LogP contribution is 2.25. The van der Waals surface area contributed by atoms with Crippen molar-refractivity contribution in [2.45, 2.75) is 6.42 Å². The molecule has 2 amide bonds. The number of likely N-dealkylation sites (N-methyl/N-ethyl adjacent to an activating group) is 1. The second-order valence-corrected chi connectivity index (χ2v) is 7.58. The lowest BCUT2D eigenvalue weighted by Gasteiger charge is -2.28. The number of hydrogen-bond acceptors (Lipinski definition) is 4. The first-order valence-electron chi connectivity index (χ1n) is 9.41. The van der Waals surface area contributed by atoms with Gasteiger partial charge in [0.1, 0.15) is 0 Å². The average Bonchev–Trinajstić information content (AvgIpc) is 3.14. The molecule has 2 aliphatic heterocycles. The fourth-order valence-corrected chi connectivity index (χ4v) is 3.68. The number of amides is 2. The van der Waals surface area contributed by atoms with Gasteiger partial charge in [-0.05, 0) is 30.5 Å². The van der Waals surface area contributed by atoms with E-state index in [9.17, 15) is 4.79 Å². The quantitative estimate of drug-likeness (QED) is 0.821. The molecule has 1 aromatic carbocycles. The van der Waals surface area contributed by atoms with E-state index in [1.165, 1.54) is 0 Å². The van der Waals surface area contributed by atoms with Gasteiger partial charge < -0.3 is 19.9 Å². The van der Waals surface area contributed by atoms with E-state index >= 15 is 0 Å². The molecular formula is C19H29ClN4O2. The molecule has 2 aliphatic rings. The number of rotatable bonds is 6. The minimum absolute atomic E-state index is 0.0134. The number of ether oxygens (including phenoxy) is 1. The van der Waals surface area contributed by atoms with Crippen molar-refractivity contribution < 1.29 is 9.53 Å². The fraction of sp³-hybridized carbons (Fsp3) is 0.632. The van der Waals surface area contributed by atoms with Crippen LogP contribution in [0.25, 0.3) is 0 Å². The number of urea groups is 1. The summed E-state index contributed by atoms with van der Waals surface area (Å²) >= 11 is 6.08. The Bertz CT molecular complexity index is 595. The van der Waals surface area contributed by atoms with Gasteiger partial charge in [0, 0.05) is 63.6 Å². The van der Waals surface area contributed by atoms with Gasteiger partial charge in [-0.15, -0.1) is 0 Å². The van der Waals surface area contributed by atoms with E-state index in [4.69, 9.17) is 16.3 Å². The third kappa shape index (κ3) is 5.50. The largest absolute Gasteiger partial charge is 0.379 e. The van der Waals surface area contributed by atoms with Crippen LogP contribution in [0.3, 0.4) is 0 Å². The number of anilines is 1. The van der Waals surface area contributed by atoms with Gasteiger partial charge in [0.25, 0.3) is 0 Å². The predicted molar refractivity (Wildman–Crippen MR) is 105 cm³/mol. The first-order chi connectivity index (χ1) is 12.6. The molecule has 2 fully saturated rings. The van der Waals surface area contributed by atoms with E-state index in [-0.39, 0.29) is 6.03 Å². The van der Waals surface area contributed by atoms with Gasteiger partial charge in [0.2, 0.25) is 0 Å². The van der Waals surface area contributed by atoms with Crippen LogP contribution < -0.4 is 10.2 Å². The Balaban J connectivity index is 1.36. The van der Waals surface area contributed by atoms with Crippen LogP contribution in [0.1, 0.15) is 6.42 Å². The molecule has 0 bridgehead atoms. The topological polar surface area (TPSA) is 48.1 Å². The maximum absolute atomic E-state index is 12.3. The number of carbonyl (C=O) groups is 1. The molecule has 0 saturated carbocycles. The lowest BCUT2D eigenvalue weighted by atomic mass is 10.1. The van der Waals surface area contributed by atoms with Gasteiger partial charge in [-0.3, -0.25) is 4.90 Å². The monoisotopic (exact) mass is 380 g/mol. The normalized spacial score (nSPS) is 21.0. The van der Waals surface area contributed by atoms with E-state index in [0.717, 1.165) is 76.2 Å². The van der Waals surface area contributed by atoms with Crippen LogP contribution in [0.15, 0.2) is 24.3 Å². The summed E-state index contributed by atoms with van der Waals surface area (Å²) < 4.78 is 5.35. The van der Waals surface area contributed by atoms with Crippen molar-refractivity contribution in [3.05, 3.63) is 29.3 Å². The van der Waals surface area contributed by atoms with Crippen molar-refractivity contribution in [3.63, 3.8) is 0 Å². The lowest BCUT2D eigenvalue weighted by Crippen LogP contribution is -2.45. The maximum atomic E-state index is 12.3. The third-order valence-corrected chi connectivity index (χ3v) is 5.44. The molecule has 0 radical (unpaired) electrons. The third-order valence-electron chi connectivity index (χ3n) is 5.20. The Hall–Kier alpha value is -1.50. The number of benzene rings is 1. The molecule has 0 aromatic heterocycles. The first-order valence-corrected chi connectivity index (χ1v) is 9.79. The molecule has 7 heteroatoms. The van der Waals surface area contributed by atoms with Crippen LogP contribution in [0, 0.1) is 5.92 Å². The van der Waals surface area contributed by atoms with Crippen LogP contribution in [-0.4, -0.2) is 81.9 Å². The van der Waals surface area contributed by atoms with Crippen LogP contribution >= 0.6 is 11.6 Å². The second kappa shape index (κ2) is 9.44. The number of halogens is 1. The summed E-state index contributed by atoms with van der Waals surface area (Å²) in [5.41, 5.74) is 1.16. The highest BCUT2D eigenvalue weighted by molar-refractivity contribution is 6.30. The summed E-state index contributed by atoms with van der Waals surface area (Å²) in [5.74, 6) is 0.477. The molecule has 2 heterocycles. The molecule has 144 valence electrons. The summed E-state index contributed by atoms with van der Waals surface area (Å²) in [7, 11) is 1.86. The number of carbonyl (C=O) groups excluding carboxylic acids is 1. The summed E-state index contributed by atoms with van der Waals surface area (Å²) in [6.07, 6.45) is 1.09. The van der Waals surface area contributed by atoms with Crippen molar-refractivity contribution in [1.82, 2.24) is 15.1 Å². The maximum Gasteiger partial charge on any atom is 0.317 e. The molecule has 0 spiro atoms. The average molecular weight is 381 g/mol. The van der Waals surface area contributed by atoms with Gasteiger partial charge in [-0.25, -0.2) is 4.79 Å². The van der Waals surface area contributed by atoms with E-state index in [2.05, 4.69) is 21.2 Å². The molecule has 2 saturated heterocycles. The Kier molecular flexibility index (Phi) is 7.00. The molecule has 3 rings (SSSR count). The Morgan fingerprint density at radius 2 is 2.15 bits per heavy atom. The van der Waals surface area contributed by atoms with Crippen LogP contribution in [0.2, 0.25) is 5.02 Å². The summed E-state index contributed by atoms with van der Waals surface area (Å²) in [4.78, 5) is 18.8. The van der Waals surface area contributed by atoms with Crippen LogP contribution in [0.4, 0.5) is 10.5 Å². The van der Waals surface area contributed by atoms with E-state index in [1.54, 1.807) is 4.90 Å². The Morgan fingerprint density at radius 1 is 1.35 bits per heavy atom. The molecule has 0 unspecified atom stereocenters. The van der Waals surface area contributed by atoms with Gasteiger partial charge >= 0.3 is 6.03 Å². The summed E-state index contributed by atoms with van der Waals surface area (Å²) in [6.45, 7) is 7.82. The highest BCUT2D eigenvalue weighted by atomic mass is 35.5. The Labute approximate surface area is 161 Å². The predicted octanol–water partition coefficient (Wildman–Crippen LogP) is 2.14. The second-order valence-electron chi connectivity index (χ2n) is 7.14. The zero-order chi connectivity index (χ0) is 18.4. The van der Waals surface area contributed by atoms with E-state index in [0.29, 0.717) is 5.92 Å². The molecule has 1 N–H and O–H groups in total. The molecular weight excluding hydrogens is 352 g/mol. The van der Waals surface area contributed by atoms with Gasteiger partial charge in [-0.2, -0.15) is 0 Å². The zero-order valence-corrected chi connectivity index (χ0v) is 16.2. The van der Waals surface area contributed by atoms with Crippen LogP contribution in [0.5, 0.6) is 0 Å². The van der Waals surface area contributed by atoms with Crippen molar-refractivity contribution in [1.29, 1.82) is 0 Å². The highest BCUT2D eigenvalue weighted by Gasteiger charge is 2.23. The molecule has 1 atom stereocenters. The van der Waals surface area contributed by atoms with Crippen molar-refractivity contribution in [2.24, 2.45) is 5.92 Å². The molecule has 6 nitrogen and oxygen atoms in total. The number of nitrogens with one attached hydrogen (secondary N) is 1. The number of morpholine rings is 1. The van der Waals surface area contributed by atoms with Crippen molar-refractivity contribution in [3.8, 4) is 0 Å². The fourth-order valence-electron chi connectivity index (χ4n) is 3.49. The lowest BCUT2D eigenvalue weighted by molar-refractivity contribution is 0.0357. The van der Waals surface area contributed by atoms with Crippen molar-refractivity contribution in [2.75, 3.05) is 71.0 Å². The van der Waals surface area contributed by atoms with Crippen molar-refractivity contribution >= 4 is 23.3 Å². The van der Waals surface area contributed by atoms with E-state index < -0.39 is 0 Å². The van der Waals surface area contributed by atoms with E-state index in [1.807, 2.05) is 25.2 Å². The standard InChI is InChI=1S/C19H29ClN4O2/c1-22(7-8-23-9-11-26-12-10-23)19(25)21-14-16-5-6-24(15-16)18-4-2-3-17(20)13-18/h2-4,13,16H,5-12,14-15H2,1H3,(H,21,25)/t16-/m1/s1. The van der Waals surface area contributed by atoms with Gasteiger partial charge in [-0.1, -0.05) is 17.7 Å². The number of nitrogens with zero attached hydrogens (tertiary/aromatic N) is 3. The Morgan fingerprint density at radius 3 is 2.92 bits per heavy atom.